The fraction of sp³-hybridized carbons (Fsp3) is 0.278. The molecule has 0 fully saturated rings. The van der Waals surface area contributed by atoms with E-state index in [0.29, 0.717) is 11.4 Å². The van der Waals surface area contributed by atoms with Gasteiger partial charge in [-0.3, -0.25) is 4.79 Å². The lowest BCUT2D eigenvalue weighted by Gasteiger charge is -2.18. The van der Waals surface area contributed by atoms with E-state index >= 15 is 0 Å². The molecule has 1 amide bonds. The predicted octanol–water partition coefficient (Wildman–Crippen LogP) is 2.57. The van der Waals surface area contributed by atoms with Crippen LogP contribution in [-0.2, 0) is 14.8 Å². The number of hydrogen-bond acceptors (Lipinski definition) is 4. The molecule has 0 atom stereocenters. The van der Waals surface area contributed by atoms with Crippen LogP contribution < -0.4 is 10.1 Å². The Kier molecular flexibility index (Phi) is 5.81. The Morgan fingerprint density at radius 2 is 1.64 bits per heavy atom. The Balaban J connectivity index is 2.11. The van der Waals surface area contributed by atoms with E-state index in [1.807, 2.05) is 32.0 Å². The summed E-state index contributed by atoms with van der Waals surface area (Å²) in [6.07, 6.45) is 0. The van der Waals surface area contributed by atoms with E-state index in [1.54, 1.807) is 12.1 Å². The molecule has 2 aromatic rings. The predicted molar refractivity (Wildman–Crippen MR) is 97.4 cm³/mol. The third-order valence-corrected chi connectivity index (χ3v) is 5.70. The van der Waals surface area contributed by atoms with Crippen LogP contribution in [0, 0.1) is 13.8 Å². The molecule has 0 aliphatic rings. The van der Waals surface area contributed by atoms with E-state index in [2.05, 4.69) is 5.32 Å². The van der Waals surface area contributed by atoms with Crippen LogP contribution in [0.3, 0.4) is 0 Å². The number of carbonyl (C=O) groups excluding carboxylic acids is 1. The number of likely N-dealkylation sites (N-methyl/N-ethyl adjacent to an activating group) is 1. The number of para-hydroxylation sites is 1. The molecular weight excluding hydrogens is 340 g/mol. The molecule has 25 heavy (non-hydrogen) atoms. The van der Waals surface area contributed by atoms with Crippen molar-refractivity contribution in [2.45, 2.75) is 18.7 Å². The first-order valence-corrected chi connectivity index (χ1v) is 9.16. The molecule has 1 N–H and O–H groups in total. The largest absolute Gasteiger partial charge is 0.497 e. The minimum atomic E-state index is -3.75. The number of carbonyl (C=O) groups is 1. The maximum absolute atomic E-state index is 12.6. The van der Waals surface area contributed by atoms with Gasteiger partial charge in [0.25, 0.3) is 0 Å². The van der Waals surface area contributed by atoms with Crippen LogP contribution in [0.25, 0.3) is 0 Å². The SMILES string of the molecule is COc1ccc(S(=O)(=O)N(C)CC(=O)Nc2c(C)cccc2C)cc1. The number of ether oxygens (including phenoxy) is 1. The summed E-state index contributed by atoms with van der Waals surface area (Å²) in [5.41, 5.74) is 2.56. The van der Waals surface area contributed by atoms with Gasteiger partial charge in [-0.15, -0.1) is 0 Å². The number of rotatable bonds is 6. The highest BCUT2D eigenvalue weighted by atomic mass is 32.2. The summed E-state index contributed by atoms with van der Waals surface area (Å²) < 4.78 is 31.2. The van der Waals surface area contributed by atoms with E-state index in [-0.39, 0.29) is 11.4 Å². The van der Waals surface area contributed by atoms with E-state index in [9.17, 15) is 13.2 Å². The van der Waals surface area contributed by atoms with Crippen molar-refractivity contribution < 1.29 is 17.9 Å². The van der Waals surface area contributed by atoms with Crippen molar-refractivity contribution in [1.29, 1.82) is 0 Å². The summed E-state index contributed by atoms with van der Waals surface area (Å²) in [6, 6.07) is 11.7. The normalized spacial score (nSPS) is 11.4. The molecule has 7 heteroatoms. The standard InChI is InChI=1S/C18H22N2O4S/c1-13-6-5-7-14(2)18(13)19-17(21)12-20(3)25(22,23)16-10-8-15(24-4)9-11-16/h5-11H,12H2,1-4H3,(H,19,21). The third-order valence-electron chi connectivity index (χ3n) is 3.88. The number of nitrogens with zero attached hydrogens (tertiary/aromatic N) is 1. The van der Waals surface area contributed by atoms with Crippen LogP contribution in [0.4, 0.5) is 5.69 Å². The summed E-state index contributed by atoms with van der Waals surface area (Å²) in [7, 11) is -0.868. The zero-order valence-electron chi connectivity index (χ0n) is 14.7. The quantitative estimate of drug-likeness (QED) is 0.857. The smallest absolute Gasteiger partial charge is 0.243 e. The maximum Gasteiger partial charge on any atom is 0.243 e. The first kappa shape index (κ1) is 19.0. The number of sulfonamides is 1. The van der Waals surface area contributed by atoms with Crippen LogP contribution in [0.2, 0.25) is 0 Å². The van der Waals surface area contributed by atoms with E-state index in [4.69, 9.17) is 4.74 Å². The molecule has 0 radical (unpaired) electrons. The molecule has 0 aliphatic carbocycles. The van der Waals surface area contributed by atoms with Crippen molar-refractivity contribution in [3.63, 3.8) is 0 Å². The fourth-order valence-corrected chi connectivity index (χ4v) is 3.53. The number of hydrogen-bond donors (Lipinski definition) is 1. The van der Waals surface area contributed by atoms with Crippen molar-refractivity contribution in [3.8, 4) is 5.75 Å². The van der Waals surface area contributed by atoms with Crippen LogP contribution in [0.5, 0.6) is 5.75 Å². The lowest BCUT2D eigenvalue weighted by molar-refractivity contribution is -0.116. The third kappa shape index (κ3) is 4.37. The lowest BCUT2D eigenvalue weighted by Crippen LogP contribution is -2.35. The minimum Gasteiger partial charge on any atom is -0.497 e. The van der Waals surface area contributed by atoms with Crippen molar-refractivity contribution in [3.05, 3.63) is 53.6 Å². The molecular formula is C18H22N2O4S. The molecule has 2 rings (SSSR count). The van der Waals surface area contributed by atoms with Gasteiger partial charge in [-0.05, 0) is 49.2 Å². The van der Waals surface area contributed by atoms with Crippen molar-refractivity contribution in [1.82, 2.24) is 4.31 Å². The highest BCUT2D eigenvalue weighted by molar-refractivity contribution is 7.89. The van der Waals surface area contributed by atoms with Gasteiger partial charge in [0.15, 0.2) is 0 Å². The zero-order valence-corrected chi connectivity index (χ0v) is 15.6. The van der Waals surface area contributed by atoms with Gasteiger partial charge in [-0.1, -0.05) is 18.2 Å². The van der Waals surface area contributed by atoms with Gasteiger partial charge in [0.05, 0.1) is 18.6 Å². The minimum absolute atomic E-state index is 0.107. The monoisotopic (exact) mass is 362 g/mol. The van der Waals surface area contributed by atoms with Crippen LogP contribution in [0.15, 0.2) is 47.4 Å². The van der Waals surface area contributed by atoms with Gasteiger partial charge >= 0.3 is 0 Å². The summed E-state index contributed by atoms with van der Waals surface area (Å²) in [5.74, 6) is 0.173. The molecule has 0 bridgehead atoms. The second-order valence-corrected chi connectivity index (χ2v) is 7.80. The second kappa shape index (κ2) is 7.67. The first-order valence-electron chi connectivity index (χ1n) is 7.72. The Morgan fingerprint density at radius 3 is 2.16 bits per heavy atom. The molecule has 0 aliphatic heterocycles. The Morgan fingerprint density at radius 1 is 1.08 bits per heavy atom. The van der Waals surface area contributed by atoms with Gasteiger partial charge in [-0.25, -0.2) is 8.42 Å². The van der Waals surface area contributed by atoms with Gasteiger partial charge in [0, 0.05) is 12.7 Å². The number of anilines is 1. The highest BCUT2D eigenvalue weighted by Crippen LogP contribution is 2.21. The fourth-order valence-electron chi connectivity index (χ4n) is 2.41. The van der Waals surface area contributed by atoms with E-state index < -0.39 is 15.9 Å². The number of amides is 1. The lowest BCUT2D eigenvalue weighted by atomic mass is 10.1. The van der Waals surface area contributed by atoms with Gasteiger partial charge in [-0.2, -0.15) is 4.31 Å². The molecule has 6 nitrogen and oxygen atoms in total. The average molecular weight is 362 g/mol. The van der Waals surface area contributed by atoms with Crippen molar-refractivity contribution in [2.75, 3.05) is 26.0 Å². The maximum atomic E-state index is 12.6. The first-order chi connectivity index (χ1) is 11.8. The molecule has 0 aromatic heterocycles. The van der Waals surface area contributed by atoms with Gasteiger partial charge in [0.2, 0.25) is 15.9 Å². The second-order valence-electron chi connectivity index (χ2n) is 5.75. The van der Waals surface area contributed by atoms with Gasteiger partial charge in [0.1, 0.15) is 5.75 Å². The number of nitrogens with one attached hydrogen (secondary N) is 1. The van der Waals surface area contributed by atoms with Crippen molar-refractivity contribution >= 4 is 21.6 Å². The Hall–Kier alpha value is -2.38. The Labute approximate surface area is 148 Å². The molecule has 0 saturated carbocycles. The van der Waals surface area contributed by atoms with E-state index in [0.717, 1.165) is 15.4 Å². The Bertz CT molecular complexity index is 841. The van der Waals surface area contributed by atoms with Crippen LogP contribution >= 0.6 is 0 Å². The van der Waals surface area contributed by atoms with E-state index in [1.165, 1.54) is 26.3 Å². The average Bonchev–Trinajstić information content (AvgIpc) is 2.58. The summed E-state index contributed by atoms with van der Waals surface area (Å²) in [6.45, 7) is 3.50. The molecule has 0 unspecified atom stereocenters. The van der Waals surface area contributed by atoms with Crippen LogP contribution in [-0.4, -0.2) is 39.3 Å². The zero-order chi connectivity index (χ0) is 18.6. The summed E-state index contributed by atoms with van der Waals surface area (Å²) >= 11 is 0. The summed E-state index contributed by atoms with van der Waals surface area (Å²) in [5, 5.41) is 2.79. The molecule has 0 saturated heterocycles. The highest BCUT2D eigenvalue weighted by Gasteiger charge is 2.23. The molecule has 134 valence electrons. The van der Waals surface area contributed by atoms with Gasteiger partial charge < -0.3 is 10.1 Å². The molecule has 0 heterocycles. The number of methoxy groups -OCH3 is 1. The molecule has 0 spiro atoms. The summed E-state index contributed by atoms with van der Waals surface area (Å²) in [4.78, 5) is 12.4. The number of benzene rings is 2. The molecule has 2 aromatic carbocycles. The van der Waals surface area contributed by atoms with Crippen LogP contribution in [0.1, 0.15) is 11.1 Å². The van der Waals surface area contributed by atoms with Crippen molar-refractivity contribution in [2.24, 2.45) is 0 Å². The number of aryl methyl sites for hydroxylation is 2. The topological polar surface area (TPSA) is 75.7 Å².